The Morgan fingerprint density at radius 1 is 1.25 bits per heavy atom. The van der Waals surface area contributed by atoms with E-state index < -0.39 is 0 Å². The lowest BCUT2D eigenvalue weighted by atomic mass is 9.79. The molecule has 1 aliphatic carbocycles. The first-order valence-corrected chi connectivity index (χ1v) is 5.53. The van der Waals surface area contributed by atoms with Gasteiger partial charge in [0.15, 0.2) is 5.78 Å². The molecule has 2 N–H and O–H groups in total. The number of nitrogens with two attached hydrogens (primary N) is 1. The van der Waals surface area contributed by atoms with E-state index in [0.717, 1.165) is 17.8 Å². The SMILES string of the molecule is CC1(C)CC(=O)C=C([NH2+]c2ccncc2)C1. The van der Waals surface area contributed by atoms with E-state index in [0.29, 0.717) is 6.42 Å². The smallest absolute Gasteiger partial charge is 0.161 e. The molecular formula is C13H17N2O+. The van der Waals surface area contributed by atoms with Crippen molar-refractivity contribution in [1.29, 1.82) is 0 Å². The van der Waals surface area contributed by atoms with Crippen LogP contribution in [0, 0.1) is 5.41 Å². The summed E-state index contributed by atoms with van der Waals surface area (Å²) in [5.41, 5.74) is 2.31. The number of hydrogen-bond acceptors (Lipinski definition) is 2. The molecule has 0 fully saturated rings. The Kier molecular flexibility index (Phi) is 2.88. The average molecular weight is 217 g/mol. The molecule has 84 valence electrons. The van der Waals surface area contributed by atoms with Crippen molar-refractivity contribution in [3.05, 3.63) is 36.3 Å². The van der Waals surface area contributed by atoms with Gasteiger partial charge in [0, 0.05) is 43.4 Å². The molecule has 1 aliphatic rings. The van der Waals surface area contributed by atoms with Gasteiger partial charge in [-0.1, -0.05) is 13.8 Å². The number of carbonyl (C=O) groups excluding carboxylic acids is 1. The Hall–Kier alpha value is -1.48. The molecule has 16 heavy (non-hydrogen) atoms. The molecule has 3 nitrogen and oxygen atoms in total. The lowest BCUT2D eigenvalue weighted by Gasteiger charge is -2.26. The number of quaternary nitrogens is 1. The summed E-state index contributed by atoms with van der Waals surface area (Å²) in [5.74, 6) is 0.233. The van der Waals surface area contributed by atoms with Gasteiger partial charge in [-0.3, -0.25) is 15.1 Å². The Balaban J connectivity index is 2.14. The van der Waals surface area contributed by atoms with Gasteiger partial charge in [-0.05, 0) is 5.41 Å². The van der Waals surface area contributed by atoms with Crippen LogP contribution in [-0.4, -0.2) is 10.8 Å². The van der Waals surface area contributed by atoms with E-state index in [2.05, 4.69) is 24.1 Å². The molecule has 0 unspecified atom stereocenters. The zero-order chi connectivity index (χ0) is 11.6. The minimum absolute atomic E-state index is 0.0880. The third-order valence-corrected chi connectivity index (χ3v) is 2.74. The Labute approximate surface area is 95.6 Å². The number of allylic oxidation sites excluding steroid dienone is 2. The van der Waals surface area contributed by atoms with Gasteiger partial charge in [-0.15, -0.1) is 0 Å². The molecule has 1 heterocycles. The van der Waals surface area contributed by atoms with E-state index in [4.69, 9.17) is 0 Å². The number of aromatic nitrogens is 1. The molecule has 0 aliphatic heterocycles. The monoisotopic (exact) mass is 217 g/mol. The van der Waals surface area contributed by atoms with Gasteiger partial charge in [0.05, 0.1) is 0 Å². The van der Waals surface area contributed by atoms with Crippen LogP contribution < -0.4 is 5.32 Å². The summed E-state index contributed by atoms with van der Waals surface area (Å²) in [6, 6.07) is 3.90. The number of ketones is 1. The highest BCUT2D eigenvalue weighted by Crippen LogP contribution is 2.31. The van der Waals surface area contributed by atoms with Crippen molar-refractivity contribution in [3.8, 4) is 0 Å². The summed E-state index contributed by atoms with van der Waals surface area (Å²) in [6.45, 7) is 4.27. The molecule has 0 bridgehead atoms. The van der Waals surface area contributed by atoms with Crippen molar-refractivity contribution < 1.29 is 10.1 Å². The fraction of sp³-hybridized carbons (Fsp3) is 0.385. The van der Waals surface area contributed by atoms with Crippen LogP contribution in [0.2, 0.25) is 0 Å². The predicted octanol–water partition coefficient (Wildman–Crippen LogP) is 1.55. The third-order valence-electron chi connectivity index (χ3n) is 2.74. The Morgan fingerprint density at radius 3 is 2.56 bits per heavy atom. The van der Waals surface area contributed by atoms with Crippen LogP contribution in [0.15, 0.2) is 36.3 Å². The van der Waals surface area contributed by atoms with Gasteiger partial charge >= 0.3 is 0 Å². The molecule has 0 spiro atoms. The fourth-order valence-electron chi connectivity index (χ4n) is 2.16. The highest BCUT2D eigenvalue weighted by molar-refractivity contribution is 5.91. The molecule has 0 atom stereocenters. The molecule has 1 aromatic rings. The number of pyridine rings is 1. The first-order chi connectivity index (χ1) is 7.55. The zero-order valence-corrected chi connectivity index (χ0v) is 9.73. The molecule has 0 saturated carbocycles. The first-order valence-electron chi connectivity index (χ1n) is 5.53. The minimum atomic E-state index is 0.0880. The molecule has 1 aromatic heterocycles. The number of rotatable bonds is 2. The lowest BCUT2D eigenvalue weighted by molar-refractivity contribution is -0.522. The maximum Gasteiger partial charge on any atom is 0.161 e. The van der Waals surface area contributed by atoms with E-state index in [1.165, 1.54) is 0 Å². The Bertz CT molecular complexity index is 421. The van der Waals surface area contributed by atoms with Crippen LogP contribution in [0.4, 0.5) is 5.69 Å². The standard InChI is InChI=1S/C13H16N2O/c1-13(2)8-11(7-12(16)9-13)15-10-3-5-14-6-4-10/h3-7H,8-9H2,1-2H3,(H,14,15)/p+1. The van der Waals surface area contributed by atoms with Crippen LogP contribution in [0.5, 0.6) is 0 Å². The van der Waals surface area contributed by atoms with Gasteiger partial charge in [0.25, 0.3) is 0 Å². The number of carbonyl (C=O) groups is 1. The quantitative estimate of drug-likeness (QED) is 0.817. The molecule has 0 saturated heterocycles. The van der Waals surface area contributed by atoms with Crippen LogP contribution in [0.1, 0.15) is 26.7 Å². The van der Waals surface area contributed by atoms with E-state index >= 15 is 0 Å². The highest BCUT2D eigenvalue weighted by atomic mass is 16.1. The van der Waals surface area contributed by atoms with Crippen molar-refractivity contribution in [2.45, 2.75) is 26.7 Å². The summed E-state index contributed by atoms with van der Waals surface area (Å²) in [5, 5.41) is 2.07. The molecule has 2 rings (SSSR count). The lowest BCUT2D eigenvalue weighted by Crippen LogP contribution is -2.76. The van der Waals surface area contributed by atoms with Crippen molar-refractivity contribution in [2.24, 2.45) is 5.41 Å². The maximum absolute atomic E-state index is 11.6. The average Bonchev–Trinajstić information content (AvgIpc) is 2.15. The molecule has 3 heteroatoms. The van der Waals surface area contributed by atoms with E-state index in [1.54, 1.807) is 18.5 Å². The van der Waals surface area contributed by atoms with Crippen LogP contribution in [0.3, 0.4) is 0 Å². The van der Waals surface area contributed by atoms with Gasteiger partial charge in [-0.2, -0.15) is 0 Å². The van der Waals surface area contributed by atoms with Gasteiger partial charge in [0.2, 0.25) is 0 Å². The van der Waals surface area contributed by atoms with E-state index in [-0.39, 0.29) is 11.2 Å². The van der Waals surface area contributed by atoms with Crippen molar-refractivity contribution in [1.82, 2.24) is 4.98 Å². The predicted molar refractivity (Wildman–Crippen MR) is 61.9 cm³/mol. The maximum atomic E-state index is 11.6. The van der Waals surface area contributed by atoms with Gasteiger partial charge in [0.1, 0.15) is 11.4 Å². The van der Waals surface area contributed by atoms with E-state index in [9.17, 15) is 4.79 Å². The second-order valence-electron chi connectivity index (χ2n) is 5.13. The van der Waals surface area contributed by atoms with Gasteiger partial charge < -0.3 is 0 Å². The topological polar surface area (TPSA) is 46.6 Å². The summed E-state index contributed by atoms with van der Waals surface area (Å²) >= 11 is 0. The van der Waals surface area contributed by atoms with Crippen molar-refractivity contribution >= 4 is 11.5 Å². The summed E-state index contributed by atoms with van der Waals surface area (Å²) < 4.78 is 0. The third kappa shape index (κ3) is 2.76. The van der Waals surface area contributed by atoms with Crippen LogP contribution in [0.25, 0.3) is 0 Å². The summed E-state index contributed by atoms with van der Waals surface area (Å²) in [4.78, 5) is 15.5. The van der Waals surface area contributed by atoms with E-state index in [1.807, 2.05) is 12.1 Å². The summed E-state index contributed by atoms with van der Waals surface area (Å²) in [7, 11) is 0. The minimum Gasteiger partial charge on any atom is -0.295 e. The van der Waals surface area contributed by atoms with Crippen molar-refractivity contribution in [3.63, 3.8) is 0 Å². The Morgan fingerprint density at radius 2 is 1.94 bits per heavy atom. The normalized spacial score (nSPS) is 19.4. The number of nitrogens with zero attached hydrogens (tertiary/aromatic N) is 1. The van der Waals surface area contributed by atoms with Gasteiger partial charge in [-0.25, -0.2) is 0 Å². The number of hydrogen-bond donors (Lipinski definition) is 1. The van der Waals surface area contributed by atoms with Crippen LogP contribution in [-0.2, 0) is 4.79 Å². The molecule has 0 radical (unpaired) electrons. The second-order valence-corrected chi connectivity index (χ2v) is 5.13. The largest absolute Gasteiger partial charge is 0.295 e. The molecule has 0 aromatic carbocycles. The molecular weight excluding hydrogens is 200 g/mol. The molecule has 0 amide bonds. The van der Waals surface area contributed by atoms with Crippen molar-refractivity contribution in [2.75, 3.05) is 0 Å². The van der Waals surface area contributed by atoms with Crippen LogP contribution >= 0.6 is 0 Å². The highest BCUT2D eigenvalue weighted by Gasteiger charge is 2.29. The first kappa shape index (κ1) is 11.0. The second kappa shape index (κ2) is 4.18. The zero-order valence-electron chi connectivity index (χ0n) is 9.73. The fourth-order valence-corrected chi connectivity index (χ4v) is 2.16. The summed E-state index contributed by atoms with van der Waals surface area (Å²) in [6.07, 6.45) is 6.91.